The highest BCUT2D eigenvalue weighted by molar-refractivity contribution is 7.17. The van der Waals surface area contributed by atoms with E-state index in [1.165, 1.54) is 18.4 Å². The number of hydrogen-bond acceptors (Lipinski definition) is 5. The second-order valence-electron chi connectivity index (χ2n) is 6.70. The lowest BCUT2D eigenvalue weighted by Gasteiger charge is -2.37. The van der Waals surface area contributed by atoms with Gasteiger partial charge >= 0.3 is 0 Å². The Morgan fingerprint density at radius 3 is 2.79 bits per heavy atom. The topological polar surface area (TPSA) is 53.7 Å². The monoisotopic (exact) mass is 342 g/mol. The summed E-state index contributed by atoms with van der Waals surface area (Å²) in [7, 11) is 0. The van der Waals surface area contributed by atoms with Crippen LogP contribution in [0.25, 0.3) is 4.96 Å². The van der Waals surface area contributed by atoms with Crippen molar-refractivity contribution in [3.05, 3.63) is 46.6 Å². The predicted molar refractivity (Wildman–Crippen MR) is 95.5 cm³/mol. The average Bonchev–Trinajstić information content (AvgIpc) is 3.07. The molecule has 0 bridgehead atoms. The first kappa shape index (κ1) is 15.6. The fourth-order valence-corrected chi connectivity index (χ4v) is 4.81. The Kier molecular flexibility index (Phi) is 4.02. The molecule has 1 aliphatic rings. The highest BCUT2D eigenvalue weighted by Gasteiger charge is 2.31. The molecular formula is C18H22N4OS. The minimum absolute atomic E-state index is 0.0581. The van der Waals surface area contributed by atoms with Crippen molar-refractivity contribution in [2.24, 2.45) is 5.92 Å². The van der Waals surface area contributed by atoms with Gasteiger partial charge in [0.15, 0.2) is 0 Å². The average molecular weight is 342 g/mol. The van der Waals surface area contributed by atoms with E-state index in [0.717, 1.165) is 22.9 Å². The highest BCUT2D eigenvalue weighted by atomic mass is 32.1. The van der Waals surface area contributed by atoms with Crippen LogP contribution in [0.1, 0.15) is 42.1 Å². The van der Waals surface area contributed by atoms with Crippen molar-refractivity contribution in [3.63, 3.8) is 0 Å². The quantitative estimate of drug-likeness (QED) is 0.790. The zero-order chi connectivity index (χ0) is 16.7. The molecule has 0 aliphatic carbocycles. The number of piperidine rings is 1. The summed E-state index contributed by atoms with van der Waals surface area (Å²) in [5.41, 5.74) is 1.21. The molecule has 3 aromatic rings. The first-order valence-corrected chi connectivity index (χ1v) is 9.29. The van der Waals surface area contributed by atoms with Crippen molar-refractivity contribution in [3.8, 4) is 5.88 Å². The lowest BCUT2D eigenvalue weighted by atomic mass is 9.95. The fourth-order valence-electron chi connectivity index (χ4n) is 3.65. The Morgan fingerprint density at radius 2 is 2.08 bits per heavy atom. The molecular weight excluding hydrogens is 320 g/mol. The van der Waals surface area contributed by atoms with E-state index in [1.807, 2.05) is 13.0 Å². The van der Waals surface area contributed by atoms with Crippen molar-refractivity contribution in [2.45, 2.75) is 32.7 Å². The number of aryl methyl sites for hydroxylation is 1. The van der Waals surface area contributed by atoms with Crippen LogP contribution in [0.15, 0.2) is 30.3 Å². The number of benzene rings is 1. The zero-order valence-electron chi connectivity index (χ0n) is 14.0. The Labute approximate surface area is 145 Å². The van der Waals surface area contributed by atoms with Crippen LogP contribution in [0.5, 0.6) is 5.88 Å². The largest absolute Gasteiger partial charge is 0.492 e. The van der Waals surface area contributed by atoms with Gasteiger partial charge in [-0.2, -0.15) is 4.52 Å². The van der Waals surface area contributed by atoms with Gasteiger partial charge in [-0.1, -0.05) is 48.6 Å². The summed E-state index contributed by atoms with van der Waals surface area (Å²) >= 11 is 1.54. The minimum atomic E-state index is 0.0581. The van der Waals surface area contributed by atoms with Gasteiger partial charge in [0.25, 0.3) is 0 Å². The van der Waals surface area contributed by atoms with Gasteiger partial charge in [-0.25, -0.2) is 4.98 Å². The lowest BCUT2D eigenvalue weighted by Crippen LogP contribution is -2.37. The zero-order valence-corrected chi connectivity index (χ0v) is 14.8. The Morgan fingerprint density at radius 1 is 1.29 bits per heavy atom. The number of thiazole rings is 1. The van der Waals surface area contributed by atoms with Crippen molar-refractivity contribution in [1.82, 2.24) is 19.5 Å². The van der Waals surface area contributed by atoms with Crippen LogP contribution in [0, 0.1) is 12.8 Å². The van der Waals surface area contributed by atoms with Gasteiger partial charge in [0.1, 0.15) is 5.82 Å². The smallest absolute Gasteiger partial charge is 0.230 e. The first-order valence-electron chi connectivity index (χ1n) is 8.47. The molecule has 1 aromatic carbocycles. The van der Waals surface area contributed by atoms with E-state index in [2.05, 4.69) is 46.2 Å². The summed E-state index contributed by atoms with van der Waals surface area (Å²) in [5.74, 6) is 1.59. The molecule has 3 heterocycles. The van der Waals surface area contributed by atoms with Crippen LogP contribution in [0.3, 0.4) is 0 Å². The molecule has 1 aliphatic heterocycles. The normalized spacial score (nSPS) is 20.5. The minimum Gasteiger partial charge on any atom is -0.492 e. The van der Waals surface area contributed by atoms with Gasteiger partial charge in [-0.3, -0.25) is 4.90 Å². The number of nitrogens with zero attached hydrogens (tertiary/aromatic N) is 4. The molecule has 24 heavy (non-hydrogen) atoms. The van der Waals surface area contributed by atoms with Crippen molar-refractivity contribution in [2.75, 3.05) is 13.1 Å². The molecule has 126 valence electrons. The van der Waals surface area contributed by atoms with Crippen LogP contribution < -0.4 is 0 Å². The van der Waals surface area contributed by atoms with Crippen molar-refractivity contribution >= 4 is 16.3 Å². The highest BCUT2D eigenvalue weighted by Crippen LogP contribution is 2.41. The van der Waals surface area contributed by atoms with Crippen LogP contribution in [-0.4, -0.2) is 37.7 Å². The van der Waals surface area contributed by atoms with E-state index in [9.17, 15) is 5.11 Å². The molecule has 0 radical (unpaired) electrons. The fraction of sp³-hybridized carbons (Fsp3) is 0.444. The van der Waals surface area contributed by atoms with E-state index < -0.39 is 0 Å². The molecule has 5 nitrogen and oxygen atoms in total. The van der Waals surface area contributed by atoms with E-state index in [0.29, 0.717) is 11.7 Å². The van der Waals surface area contributed by atoms with Gasteiger partial charge < -0.3 is 5.11 Å². The molecule has 1 fully saturated rings. The third kappa shape index (κ3) is 2.70. The molecule has 2 atom stereocenters. The molecule has 1 saturated heterocycles. The van der Waals surface area contributed by atoms with Crippen LogP contribution in [0.4, 0.5) is 0 Å². The molecule has 0 unspecified atom stereocenters. The van der Waals surface area contributed by atoms with Gasteiger partial charge in [-0.05, 0) is 37.8 Å². The number of hydrogen-bond donors (Lipinski definition) is 1. The van der Waals surface area contributed by atoms with Crippen molar-refractivity contribution in [1.29, 1.82) is 0 Å². The summed E-state index contributed by atoms with van der Waals surface area (Å²) in [6.07, 6.45) is 2.48. The second-order valence-corrected chi connectivity index (χ2v) is 7.71. The van der Waals surface area contributed by atoms with Gasteiger partial charge in [0.2, 0.25) is 10.8 Å². The SMILES string of the molecule is Cc1nc2sc([C@@H](c3ccccc3)N3CCC[C@@H](C)C3)c(O)n2n1. The number of rotatable bonds is 3. The van der Waals surface area contributed by atoms with Crippen LogP contribution in [0.2, 0.25) is 0 Å². The molecule has 0 amide bonds. The molecule has 1 N–H and O–H groups in total. The van der Waals surface area contributed by atoms with Crippen molar-refractivity contribution < 1.29 is 5.11 Å². The Bertz CT molecular complexity index is 841. The standard InChI is InChI=1S/C18H22N4OS/c1-12-7-6-10-21(11-12)15(14-8-4-3-5-9-14)16-17(23)22-18(24-16)19-13(2)20-22/h3-5,8-9,12,15,23H,6-7,10-11H2,1-2H3/t12-,15-/m1/s1. The summed E-state index contributed by atoms with van der Waals surface area (Å²) < 4.78 is 1.57. The summed E-state index contributed by atoms with van der Waals surface area (Å²) in [5, 5.41) is 15.1. The van der Waals surface area contributed by atoms with Crippen LogP contribution >= 0.6 is 11.3 Å². The molecule has 4 rings (SSSR count). The van der Waals surface area contributed by atoms with Crippen LogP contribution in [-0.2, 0) is 0 Å². The number of likely N-dealkylation sites (tertiary alicyclic amines) is 1. The van der Waals surface area contributed by atoms with Gasteiger partial charge in [0.05, 0.1) is 10.9 Å². The van der Waals surface area contributed by atoms with Gasteiger partial charge in [0, 0.05) is 6.54 Å². The summed E-state index contributed by atoms with van der Waals surface area (Å²) in [6.45, 7) is 6.25. The summed E-state index contributed by atoms with van der Waals surface area (Å²) in [4.78, 5) is 8.60. The van der Waals surface area contributed by atoms with Gasteiger partial charge in [-0.15, -0.1) is 5.10 Å². The molecule has 2 aromatic heterocycles. The lowest BCUT2D eigenvalue weighted by molar-refractivity contribution is 0.149. The molecule has 6 heteroatoms. The maximum atomic E-state index is 10.8. The predicted octanol–water partition coefficient (Wildman–Crippen LogP) is 3.63. The van der Waals surface area contributed by atoms with E-state index >= 15 is 0 Å². The Balaban J connectivity index is 1.81. The maximum absolute atomic E-state index is 10.8. The van der Waals surface area contributed by atoms with E-state index in [1.54, 1.807) is 15.9 Å². The number of aromatic hydroxyl groups is 1. The maximum Gasteiger partial charge on any atom is 0.230 e. The Hall–Kier alpha value is -1.92. The first-order chi connectivity index (χ1) is 11.6. The summed E-state index contributed by atoms with van der Waals surface area (Å²) in [6, 6.07) is 10.5. The second kappa shape index (κ2) is 6.18. The third-order valence-corrected chi connectivity index (χ3v) is 5.80. The number of aromatic nitrogens is 3. The number of fused-ring (bicyclic) bond motifs is 1. The van der Waals surface area contributed by atoms with E-state index in [-0.39, 0.29) is 11.9 Å². The van der Waals surface area contributed by atoms with E-state index in [4.69, 9.17) is 0 Å². The third-order valence-electron chi connectivity index (χ3n) is 4.72. The molecule has 0 spiro atoms. The molecule has 0 saturated carbocycles.